The number of carbonyl (C=O) groups is 3. The summed E-state index contributed by atoms with van der Waals surface area (Å²) in [6.07, 6.45) is 1.05. The van der Waals surface area contributed by atoms with Gasteiger partial charge in [0.1, 0.15) is 17.8 Å². The van der Waals surface area contributed by atoms with E-state index < -0.39 is 46.4 Å². The SMILES string of the molecule is C[C@@]1(c2ccc(OC(F)F)cc2)NC(=O)N(CC(=O)Nc2ccc(S(C)(=O)=O)cc2)C1=O. The fourth-order valence-corrected chi connectivity index (χ4v) is 3.77. The van der Waals surface area contributed by atoms with Crippen LogP contribution in [0.1, 0.15) is 12.5 Å². The van der Waals surface area contributed by atoms with E-state index in [1.165, 1.54) is 55.5 Å². The van der Waals surface area contributed by atoms with Crippen LogP contribution in [0.5, 0.6) is 5.75 Å². The molecule has 2 aromatic rings. The molecule has 0 bridgehead atoms. The van der Waals surface area contributed by atoms with Crippen LogP contribution in [0.3, 0.4) is 0 Å². The van der Waals surface area contributed by atoms with Crippen molar-refractivity contribution in [2.75, 3.05) is 18.1 Å². The Labute approximate surface area is 182 Å². The third-order valence-electron chi connectivity index (χ3n) is 4.80. The zero-order chi connectivity index (χ0) is 23.7. The number of urea groups is 1. The first-order valence-electron chi connectivity index (χ1n) is 9.19. The average molecular weight is 467 g/mol. The van der Waals surface area contributed by atoms with E-state index in [4.69, 9.17) is 0 Å². The Morgan fingerprint density at radius 2 is 1.72 bits per heavy atom. The fourth-order valence-electron chi connectivity index (χ4n) is 3.14. The van der Waals surface area contributed by atoms with Crippen molar-refractivity contribution in [1.82, 2.24) is 10.2 Å². The summed E-state index contributed by atoms with van der Waals surface area (Å²) in [7, 11) is -3.39. The Morgan fingerprint density at radius 3 is 2.25 bits per heavy atom. The van der Waals surface area contributed by atoms with Crippen LogP contribution in [0.2, 0.25) is 0 Å². The number of halogens is 2. The summed E-state index contributed by atoms with van der Waals surface area (Å²) in [6.45, 7) is -2.15. The Hall–Kier alpha value is -3.54. The van der Waals surface area contributed by atoms with Gasteiger partial charge >= 0.3 is 12.6 Å². The minimum Gasteiger partial charge on any atom is -0.435 e. The number of alkyl halides is 2. The molecule has 0 saturated carbocycles. The van der Waals surface area contributed by atoms with Crippen molar-refractivity contribution in [3.8, 4) is 5.75 Å². The lowest BCUT2D eigenvalue weighted by molar-refractivity contribution is -0.133. The Balaban J connectivity index is 1.69. The number of ether oxygens (including phenoxy) is 1. The first kappa shape index (κ1) is 23.1. The minimum absolute atomic E-state index is 0.0744. The van der Waals surface area contributed by atoms with E-state index in [0.29, 0.717) is 5.56 Å². The number of nitrogens with zero attached hydrogens (tertiary/aromatic N) is 1. The average Bonchev–Trinajstić information content (AvgIpc) is 2.91. The normalized spacial score (nSPS) is 18.6. The van der Waals surface area contributed by atoms with Crippen molar-refractivity contribution in [2.45, 2.75) is 24.0 Å². The number of rotatable bonds is 7. The van der Waals surface area contributed by atoms with Gasteiger partial charge in [-0.15, -0.1) is 0 Å². The third-order valence-corrected chi connectivity index (χ3v) is 5.93. The summed E-state index contributed by atoms with van der Waals surface area (Å²) in [5, 5.41) is 4.99. The van der Waals surface area contributed by atoms with Crippen LogP contribution in [0.15, 0.2) is 53.4 Å². The third kappa shape index (κ3) is 4.85. The van der Waals surface area contributed by atoms with Crippen molar-refractivity contribution in [3.05, 3.63) is 54.1 Å². The molecule has 12 heteroatoms. The molecule has 9 nitrogen and oxygen atoms in total. The van der Waals surface area contributed by atoms with Crippen molar-refractivity contribution in [2.24, 2.45) is 0 Å². The maximum atomic E-state index is 12.9. The molecule has 3 rings (SSSR count). The Bertz CT molecular complexity index is 1150. The topological polar surface area (TPSA) is 122 Å². The molecule has 0 radical (unpaired) electrons. The van der Waals surface area contributed by atoms with E-state index in [2.05, 4.69) is 15.4 Å². The van der Waals surface area contributed by atoms with Gasteiger partial charge in [0, 0.05) is 11.9 Å². The van der Waals surface area contributed by atoms with Crippen molar-refractivity contribution >= 4 is 33.4 Å². The van der Waals surface area contributed by atoms with Crippen LogP contribution in [-0.2, 0) is 25.0 Å². The van der Waals surface area contributed by atoms with Crippen LogP contribution >= 0.6 is 0 Å². The molecular formula is C20H19F2N3O6S. The first-order valence-corrected chi connectivity index (χ1v) is 11.1. The number of amides is 4. The van der Waals surface area contributed by atoms with Gasteiger partial charge in [-0.1, -0.05) is 12.1 Å². The number of carbonyl (C=O) groups excluding carboxylic acids is 3. The first-order chi connectivity index (χ1) is 14.9. The zero-order valence-electron chi connectivity index (χ0n) is 17.0. The number of anilines is 1. The van der Waals surface area contributed by atoms with E-state index in [1.54, 1.807) is 0 Å². The molecule has 0 aromatic heterocycles. The number of benzene rings is 2. The van der Waals surface area contributed by atoms with Gasteiger partial charge in [0.25, 0.3) is 5.91 Å². The van der Waals surface area contributed by atoms with E-state index in [9.17, 15) is 31.6 Å². The quantitative estimate of drug-likeness (QED) is 0.602. The second kappa shape index (κ2) is 8.54. The number of sulfone groups is 1. The lowest BCUT2D eigenvalue weighted by Gasteiger charge is -2.22. The summed E-state index contributed by atoms with van der Waals surface area (Å²) < 4.78 is 51.9. The lowest BCUT2D eigenvalue weighted by Crippen LogP contribution is -2.42. The van der Waals surface area contributed by atoms with Gasteiger partial charge in [-0.2, -0.15) is 8.78 Å². The molecule has 2 N–H and O–H groups in total. The van der Waals surface area contributed by atoms with Gasteiger partial charge in [0.15, 0.2) is 9.84 Å². The smallest absolute Gasteiger partial charge is 0.387 e. The molecule has 0 spiro atoms. The van der Waals surface area contributed by atoms with Crippen molar-refractivity contribution in [1.29, 1.82) is 0 Å². The van der Waals surface area contributed by atoms with E-state index in [1.807, 2.05) is 0 Å². The molecule has 1 atom stereocenters. The summed E-state index contributed by atoms with van der Waals surface area (Å²) in [5.41, 5.74) is -0.902. The number of nitrogens with one attached hydrogen (secondary N) is 2. The summed E-state index contributed by atoms with van der Waals surface area (Å²) in [6, 6.07) is 9.80. The Kier molecular flexibility index (Phi) is 6.17. The highest BCUT2D eigenvalue weighted by molar-refractivity contribution is 7.90. The van der Waals surface area contributed by atoms with Crippen LogP contribution < -0.4 is 15.4 Å². The molecule has 0 aliphatic carbocycles. The molecule has 1 aliphatic rings. The maximum Gasteiger partial charge on any atom is 0.387 e. The predicted octanol–water partition coefficient (Wildman–Crippen LogP) is 2.10. The predicted molar refractivity (Wildman–Crippen MR) is 109 cm³/mol. The fraction of sp³-hybridized carbons (Fsp3) is 0.250. The highest BCUT2D eigenvalue weighted by Gasteiger charge is 2.49. The van der Waals surface area contributed by atoms with E-state index in [-0.39, 0.29) is 16.3 Å². The largest absolute Gasteiger partial charge is 0.435 e. The molecule has 0 unspecified atom stereocenters. The number of imide groups is 1. The second-order valence-corrected chi connectivity index (χ2v) is 9.21. The summed E-state index contributed by atoms with van der Waals surface area (Å²) in [4.78, 5) is 38.4. The lowest BCUT2D eigenvalue weighted by atomic mass is 9.92. The zero-order valence-corrected chi connectivity index (χ0v) is 17.8. The number of hydrogen-bond donors (Lipinski definition) is 2. The van der Waals surface area contributed by atoms with Crippen LogP contribution in [-0.4, -0.2) is 50.6 Å². The summed E-state index contributed by atoms with van der Waals surface area (Å²) in [5.74, 6) is -1.49. The molecule has 2 aromatic carbocycles. The molecule has 170 valence electrons. The standard InChI is InChI=1S/C20H19F2N3O6S/c1-20(12-3-7-14(8-4-12)31-18(21)22)17(27)25(19(28)24-20)11-16(26)23-13-5-9-15(10-6-13)32(2,29)30/h3-10,18H,11H2,1-2H3,(H,23,26)(H,24,28)/t20-/m0/s1. The van der Waals surface area contributed by atoms with E-state index in [0.717, 1.165) is 11.2 Å². The molecule has 1 heterocycles. The summed E-state index contributed by atoms with van der Waals surface area (Å²) >= 11 is 0. The van der Waals surface area contributed by atoms with E-state index >= 15 is 0 Å². The minimum atomic E-state index is -3.39. The molecular weight excluding hydrogens is 448 g/mol. The highest BCUT2D eigenvalue weighted by atomic mass is 32.2. The van der Waals surface area contributed by atoms with Crippen LogP contribution in [0.4, 0.5) is 19.3 Å². The van der Waals surface area contributed by atoms with Gasteiger partial charge in [0.2, 0.25) is 5.91 Å². The van der Waals surface area contributed by atoms with Gasteiger partial charge in [0.05, 0.1) is 4.90 Å². The molecule has 1 fully saturated rings. The van der Waals surface area contributed by atoms with Crippen LogP contribution in [0, 0.1) is 0 Å². The van der Waals surface area contributed by atoms with Crippen molar-refractivity contribution in [3.63, 3.8) is 0 Å². The molecule has 32 heavy (non-hydrogen) atoms. The van der Waals surface area contributed by atoms with Gasteiger partial charge in [-0.05, 0) is 48.9 Å². The van der Waals surface area contributed by atoms with Crippen molar-refractivity contribution < 1.29 is 36.3 Å². The van der Waals surface area contributed by atoms with Gasteiger partial charge in [-0.25, -0.2) is 13.2 Å². The van der Waals surface area contributed by atoms with Crippen LogP contribution in [0.25, 0.3) is 0 Å². The maximum absolute atomic E-state index is 12.9. The monoisotopic (exact) mass is 467 g/mol. The Morgan fingerprint density at radius 1 is 1.12 bits per heavy atom. The number of hydrogen-bond acceptors (Lipinski definition) is 6. The molecule has 1 saturated heterocycles. The molecule has 1 aliphatic heterocycles. The highest BCUT2D eigenvalue weighted by Crippen LogP contribution is 2.30. The second-order valence-electron chi connectivity index (χ2n) is 7.19. The van der Waals surface area contributed by atoms with Gasteiger partial charge < -0.3 is 15.4 Å². The van der Waals surface area contributed by atoms with Gasteiger partial charge in [-0.3, -0.25) is 14.5 Å². The molecule has 4 amide bonds.